The molecule has 0 saturated carbocycles. The summed E-state index contributed by atoms with van der Waals surface area (Å²) in [4.78, 5) is 10.8. The molecule has 2 N–H and O–H groups in total. The van der Waals surface area contributed by atoms with E-state index < -0.39 is 12.2 Å². The van der Waals surface area contributed by atoms with Crippen LogP contribution in [0.3, 0.4) is 0 Å². The SMILES string of the molecule is CC(=O)SCC(O)C(O)c1cccc(Cl)c1C. The third-order valence-electron chi connectivity index (χ3n) is 2.45. The Bertz CT molecular complexity index is 409. The van der Waals surface area contributed by atoms with Crippen molar-refractivity contribution in [3.63, 3.8) is 0 Å². The molecule has 0 heterocycles. The number of aliphatic hydroxyl groups is 2. The molecule has 0 aliphatic heterocycles. The number of carbonyl (C=O) groups excluding carboxylic acids is 1. The van der Waals surface area contributed by atoms with Crippen LogP contribution in [0.25, 0.3) is 0 Å². The molecule has 5 heteroatoms. The minimum absolute atomic E-state index is 0.0842. The molecule has 94 valence electrons. The lowest BCUT2D eigenvalue weighted by Crippen LogP contribution is -2.22. The van der Waals surface area contributed by atoms with Gasteiger partial charge in [-0.15, -0.1) is 0 Å². The zero-order chi connectivity index (χ0) is 13.0. The number of thioether (sulfide) groups is 1. The molecule has 0 radical (unpaired) electrons. The van der Waals surface area contributed by atoms with Crippen LogP contribution in [-0.2, 0) is 4.79 Å². The maximum Gasteiger partial charge on any atom is 0.185 e. The summed E-state index contributed by atoms with van der Waals surface area (Å²) in [6.07, 6.45) is -2.01. The molecule has 0 fully saturated rings. The van der Waals surface area contributed by atoms with Crippen molar-refractivity contribution < 1.29 is 15.0 Å². The molecule has 1 rings (SSSR count). The van der Waals surface area contributed by atoms with Gasteiger partial charge in [0.25, 0.3) is 0 Å². The molecule has 1 aromatic rings. The second-order valence-electron chi connectivity index (χ2n) is 3.77. The van der Waals surface area contributed by atoms with E-state index in [1.807, 2.05) is 0 Å². The smallest absolute Gasteiger partial charge is 0.185 e. The number of aliphatic hydroxyl groups excluding tert-OH is 2. The van der Waals surface area contributed by atoms with Crippen molar-refractivity contribution in [1.82, 2.24) is 0 Å². The number of benzene rings is 1. The Balaban J connectivity index is 2.77. The Hall–Kier alpha value is -0.550. The van der Waals surface area contributed by atoms with E-state index in [1.165, 1.54) is 6.92 Å². The first kappa shape index (κ1) is 14.5. The van der Waals surface area contributed by atoms with Crippen LogP contribution in [0.5, 0.6) is 0 Å². The van der Waals surface area contributed by atoms with Crippen molar-refractivity contribution in [3.05, 3.63) is 34.3 Å². The van der Waals surface area contributed by atoms with E-state index in [0.717, 1.165) is 17.3 Å². The molecule has 0 amide bonds. The zero-order valence-electron chi connectivity index (χ0n) is 9.68. The van der Waals surface area contributed by atoms with Crippen LogP contribution in [0.15, 0.2) is 18.2 Å². The van der Waals surface area contributed by atoms with Gasteiger partial charge >= 0.3 is 0 Å². The van der Waals surface area contributed by atoms with E-state index in [2.05, 4.69) is 0 Å². The summed E-state index contributed by atoms with van der Waals surface area (Å²) in [5.41, 5.74) is 1.34. The predicted molar refractivity (Wildman–Crippen MR) is 70.3 cm³/mol. The number of hydrogen-bond donors (Lipinski definition) is 2. The van der Waals surface area contributed by atoms with Gasteiger partial charge in [0.2, 0.25) is 0 Å². The lowest BCUT2D eigenvalue weighted by atomic mass is 10.0. The number of halogens is 1. The van der Waals surface area contributed by atoms with Crippen LogP contribution >= 0.6 is 23.4 Å². The topological polar surface area (TPSA) is 57.5 Å². The summed E-state index contributed by atoms with van der Waals surface area (Å²) in [6.45, 7) is 3.21. The van der Waals surface area contributed by atoms with E-state index in [1.54, 1.807) is 25.1 Å². The van der Waals surface area contributed by atoms with Crippen LogP contribution < -0.4 is 0 Å². The third-order valence-corrected chi connectivity index (χ3v) is 3.77. The molecule has 0 aromatic heterocycles. The Kier molecular flexibility index (Phi) is 5.46. The zero-order valence-corrected chi connectivity index (χ0v) is 11.3. The lowest BCUT2D eigenvalue weighted by Gasteiger charge is -2.19. The molecule has 3 nitrogen and oxygen atoms in total. The van der Waals surface area contributed by atoms with Crippen molar-refractivity contribution >= 4 is 28.5 Å². The fraction of sp³-hybridized carbons (Fsp3) is 0.417. The highest BCUT2D eigenvalue weighted by atomic mass is 35.5. The highest BCUT2D eigenvalue weighted by molar-refractivity contribution is 8.13. The monoisotopic (exact) mass is 274 g/mol. The van der Waals surface area contributed by atoms with Gasteiger partial charge in [-0.2, -0.15) is 0 Å². The highest BCUT2D eigenvalue weighted by Gasteiger charge is 2.21. The second kappa shape index (κ2) is 6.40. The van der Waals surface area contributed by atoms with E-state index in [0.29, 0.717) is 10.6 Å². The largest absolute Gasteiger partial charge is 0.389 e. The van der Waals surface area contributed by atoms with Crippen molar-refractivity contribution in [2.45, 2.75) is 26.1 Å². The van der Waals surface area contributed by atoms with Crippen LogP contribution in [0, 0.1) is 6.92 Å². The molecule has 2 unspecified atom stereocenters. The minimum atomic E-state index is -1.03. The molecule has 0 spiro atoms. The summed E-state index contributed by atoms with van der Waals surface area (Å²) in [5.74, 6) is 0.169. The predicted octanol–water partition coefficient (Wildman–Crippen LogP) is 2.32. The average Bonchev–Trinajstić information content (AvgIpc) is 2.28. The van der Waals surface area contributed by atoms with Gasteiger partial charge in [-0.05, 0) is 24.1 Å². The Morgan fingerprint density at radius 1 is 1.47 bits per heavy atom. The van der Waals surface area contributed by atoms with Crippen molar-refractivity contribution in [3.8, 4) is 0 Å². The fourth-order valence-corrected chi connectivity index (χ4v) is 2.22. The molecule has 2 atom stereocenters. The maximum atomic E-state index is 10.8. The average molecular weight is 275 g/mol. The summed E-state index contributed by atoms with van der Waals surface area (Å²) < 4.78 is 0. The quantitative estimate of drug-likeness (QED) is 0.885. The first-order valence-electron chi connectivity index (χ1n) is 5.18. The van der Waals surface area contributed by atoms with E-state index >= 15 is 0 Å². The summed E-state index contributed by atoms with van der Waals surface area (Å²) in [6, 6.07) is 5.16. The van der Waals surface area contributed by atoms with Crippen LogP contribution in [0.1, 0.15) is 24.2 Å². The molecule has 0 saturated heterocycles. The van der Waals surface area contributed by atoms with Gasteiger partial charge < -0.3 is 10.2 Å². The van der Waals surface area contributed by atoms with Crippen LogP contribution in [0.2, 0.25) is 5.02 Å². The second-order valence-corrected chi connectivity index (χ2v) is 5.37. The molecular weight excluding hydrogens is 260 g/mol. The molecule has 17 heavy (non-hydrogen) atoms. The Morgan fingerprint density at radius 2 is 2.12 bits per heavy atom. The lowest BCUT2D eigenvalue weighted by molar-refractivity contribution is -0.109. The number of rotatable bonds is 4. The molecular formula is C12H15ClO3S. The minimum Gasteiger partial charge on any atom is -0.389 e. The highest BCUT2D eigenvalue weighted by Crippen LogP contribution is 2.27. The van der Waals surface area contributed by atoms with Gasteiger partial charge in [-0.1, -0.05) is 35.5 Å². The van der Waals surface area contributed by atoms with Gasteiger partial charge in [0.15, 0.2) is 5.12 Å². The Morgan fingerprint density at radius 3 is 2.71 bits per heavy atom. The number of carbonyl (C=O) groups is 1. The molecule has 0 aliphatic rings. The van der Waals surface area contributed by atoms with Crippen molar-refractivity contribution in [1.29, 1.82) is 0 Å². The van der Waals surface area contributed by atoms with Crippen molar-refractivity contribution in [2.75, 3.05) is 5.75 Å². The van der Waals surface area contributed by atoms with Crippen molar-refractivity contribution in [2.24, 2.45) is 0 Å². The molecule has 1 aromatic carbocycles. The standard InChI is InChI=1S/C12H15ClO3S/c1-7-9(4-3-5-10(7)13)12(16)11(15)6-17-8(2)14/h3-5,11-12,15-16H,6H2,1-2H3. The van der Waals surface area contributed by atoms with Crippen LogP contribution in [0.4, 0.5) is 0 Å². The van der Waals surface area contributed by atoms with Gasteiger partial charge in [-0.3, -0.25) is 4.79 Å². The number of hydrogen-bond acceptors (Lipinski definition) is 4. The summed E-state index contributed by atoms with van der Waals surface area (Å²) in [7, 11) is 0. The van der Waals surface area contributed by atoms with Gasteiger partial charge in [-0.25, -0.2) is 0 Å². The van der Waals surface area contributed by atoms with Gasteiger partial charge in [0, 0.05) is 17.7 Å². The maximum absolute atomic E-state index is 10.8. The first-order chi connectivity index (χ1) is 7.93. The van der Waals surface area contributed by atoms with Crippen LogP contribution in [-0.4, -0.2) is 27.2 Å². The van der Waals surface area contributed by atoms with E-state index in [-0.39, 0.29) is 10.9 Å². The summed E-state index contributed by atoms with van der Waals surface area (Å²) in [5, 5.41) is 20.2. The Labute approximate surface area is 110 Å². The first-order valence-corrected chi connectivity index (χ1v) is 6.54. The molecule has 0 aliphatic carbocycles. The van der Waals surface area contributed by atoms with Gasteiger partial charge in [0.05, 0.1) is 6.10 Å². The third kappa shape index (κ3) is 4.00. The van der Waals surface area contributed by atoms with Gasteiger partial charge in [0.1, 0.15) is 6.10 Å². The summed E-state index contributed by atoms with van der Waals surface area (Å²) >= 11 is 6.93. The molecule has 0 bridgehead atoms. The fourth-order valence-electron chi connectivity index (χ4n) is 1.45. The van der Waals surface area contributed by atoms with E-state index in [9.17, 15) is 15.0 Å². The van der Waals surface area contributed by atoms with E-state index in [4.69, 9.17) is 11.6 Å². The normalized spacial score (nSPS) is 14.4.